The molecule has 30 heavy (non-hydrogen) atoms. The van der Waals surface area contributed by atoms with Crippen molar-refractivity contribution in [2.24, 2.45) is 4.99 Å². The fourth-order valence-corrected chi connectivity index (χ4v) is 6.70. The van der Waals surface area contributed by atoms with E-state index in [1.807, 2.05) is 49.1 Å². The normalized spacial score (nSPS) is 22.0. The fourth-order valence-electron chi connectivity index (χ4n) is 3.81. The molecule has 2 aliphatic heterocycles. The number of amides is 1. The molecule has 1 fully saturated rings. The smallest absolute Gasteiger partial charge is 0.234 e. The lowest BCUT2D eigenvalue weighted by Gasteiger charge is -2.26. The van der Waals surface area contributed by atoms with Gasteiger partial charge in [0.25, 0.3) is 0 Å². The molecule has 158 valence electrons. The molecule has 0 unspecified atom stereocenters. The van der Waals surface area contributed by atoms with Crippen LogP contribution < -0.4 is 10.2 Å². The van der Waals surface area contributed by atoms with Crippen LogP contribution in [0.1, 0.15) is 11.1 Å². The van der Waals surface area contributed by atoms with E-state index >= 15 is 0 Å². The summed E-state index contributed by atoms with van der Waals surface area (Å²) in [6.45, 7) is 3.97. The van der Waals surface area contributed by atoms with E-state index in [1.165, 1.54) is 11.8 Å². The topological polar surface area (TPSA) is 78.8 Å². The molecule has 4 rings (SSSR count). The van der Waals surface area contributed by atoms with E-state index in [2.05, 4.69) is 10.3 Å². The lowest BCUT2D eigenvalue weighted by Crippen LogP contribution is -2.39. The van der Waals surface area contributed by atoms with Gasteiger partial charge in [-0.2, -0.15) is 0 Å². The van der Waals surface area contributed by atoms with Gasteiger partial charge in [-0.1, -0.05) is 41.1 Å². The minimum absolute atomic E-state index is 0.0422. The minimum Gasteiger partial charge on any atom is -0.325 e. The summed E-state index contributed by atoms with van der Waals surface area (Å²) in [5, 5.41) is 4.21. The second-order valence-corrected chi connectivity index (χ2v) is 11.2. The Morgan fingerprint density at radius 2 is 1.93 bits per heavy atom. The van der Waals surface area contributed by atoms with Gasteiger partial charge < -0.3 is 10.2 Å². The average Bonchev–Trinajstić information content (AvgIpc) is 3.14. The zero-order chi connectivity index (χ0) is 21.5. The molecular formula is C21H22ClN3O3S2. The molecule has 2 aliphatic rings. The molecule has 1 amide bonds. The number of hydrogen-bond donors (Lipinski definition) is 1. The van der Waals surface area contributed by atoms with Crippen molar-refractivity contribution in [1.29, 1.82) is 0 Å². The number of aliphatic imine (C=N–C) groups is 1. The highest BCUT2D eigenvalue weighted by Gasteiger charge is 2.47. The number of aryl methyl sites for hydroxylation is 2. The van der Waals surface area contributed by atoms with Crippen LogP contribution in [-0.4, -0.2) is 48.8 Å². The summed E-state index contributed by atoms with van der Waals surface area (Å²) in [5.74, 6) is 0.154. The molecule has 0 saturated carbocycles. The van der Waals surface area contributed by atoms with Gasteiger partial charge >= 0.3 is 0 Å². The highest BCUT2D eigenvalue weighted by atomic mass is 35.5. The van der Waals surface area contributed by atoms with E-state index < -0.39 is 9.84 Å². The molecule has 1 N–H and O–H groups in total. The number of rotatable bonds is 4. The van der Waals surface area contributed by atoms with Gasteiger partial charge in [0.2, 0.25) is 5.91 Å². The van der Waals surface area contributed by atoms with Gasteiger partial charge in [-0.05, 0) is 49.7 Å². The van der Waals surface area contributed by atoms with Crippen LogP contribution in [0.25, 0.3) is 0 Å². The Morgan fingerprint density at radius 1 is 1.20 bits per heavy atom. The number of halogens is 1. The number of sulfone groups is 1. The van der Waals surface area contributed by atoms with E-state index in [1.54, 1.807) is 12.1 Å². The molecule has 2 atom stereocenters. The maximum atomic E-state index is 12.5. The van der Waals surface area contributed by atoms with E-state index in [0.717, 1.165) is 22.5 Å². The highest BCUT2D eigenvalue weighted by molar-refractivity contribution is 8.14. The van der Waals surface area contributed by atoms with Crippen molar-refractivity contribution >= 4 is 55.6 Å². The Hall–Kier alpha value is -2.03. The predicted molar refractivity (Wildman–Crippen MR) is 125 cm³/mol. The van der Waals surface area contributed by atoms with Crippen molar-refractivity contribution < 1.29 is 13.2 Å². The third-order valence-corrected chi connectivity index (χ3v) is 8.12. The third kappa shape index (κ3) is 4.50. The summed E-state index contributed by atoms with van der Waals surface area (Å²) >= 11 is 7.33. The second kappa shape index (κ2) is 8.24. The number of fused-ring (bicyclic) bond motifs is 1. The molecule has 0 spiro atoms. The first kappa shape index (κ1) is 21.2. The highest BCUT2D eigenvalue weighted by Crippen LogP contribution is 2.35. The molecule has 0 bridgehead atoms. The molecule has 2 aromatic carbocycles. The molecule has 0 aliphatic carbocycles. The number of thioether (sulfide) groups is 1. The molecule has 1 saturated heterocycles. The molecule has 6 nitrogen and oxygen atoms in total. The Balaban J connectivity index is 1.50. The van der Waals surface area contributed by atoms with Gasteiger partial charge in [-0.15, -0.1) is 0 Å². The summed E-state index contributed by atoms with van der Waals surface area (Å²) in [4.78, 5) is 19.1. The third-order valence-electron chi connectivity index (χ3n) is 5.20. The van der Waals surface area contributed by atoms with Crippen LogP contribution in [0.2, 0.25) is 5.02 Å². The van der Waals surface area contributed by atoms with Crippen molar-refractivity contribution in [3.8, 4) is 0 Å². The van der Waals surface area contributed by atoms with Crippen LogP contribution >= 0.6 is 23.4 Å². The van der Waals surface area contributed by atoms with Crippen LogP contribution in [0, 0.1) is 13.8 Å². The van der Waals surface area contributed by atoms with Gasteiger partial charge in [0.1, 0.15) is 0 Å². The molecule has 2 heterocycles. The van der Waals surface area contributed by atoms with Crippen molar-refractivity contribution in [2.45, 2.75) is 25.9 Å². The quantitative estimate of drug-likeness (QED) is 0.748. The summed E-state index contributed by atoms with van der Waals surface area (Å²) in [6.07, 6.45) is 0. The maximum Gasteiger partial charge on any atom is 0.234 e. The van der Waals surface area contributed by atoms with E-state index in [9.17, 15) is 13.2 Å². The van der Waals surface area contributed by atoms with Crippen LogP contribution in [0.5, 0.6) is 0 Å². The number of nitrogens with one attached hydrogen (secondary N) is 1. The van der Waals surface area contributed by atoms with Crippen molar-refractivity contribution in [3.05, 3.63) is 58.6 Å². The number of carbonyl (C=O) groups is 1. The number of anilines is 2. The lowest BCUT2D eigenvalue weighted by molar-refractivity contribution is -0.113. The number of nitrogens with zero attached hydrogens (tertiary/aromatic N) is 2. The zero-order valence-corrected chi connectivity index (χ0v) is 19.0. The zero-order valence-electron chi connectivity index (χ0n) is 16.6. The Bertz CT molecular complexity index is 1120. The minimum atomic E-state index is -3.12. The van der Waals surface area contributed by atoms with E-state index in [0.29, 0.717) is 10.2 Å². The first-order valence-corrected chi connectivity index (χ1v) is 12.7. The van der Waals surface area contributed by atoms with E-state index in [4.69, 9.17) is 11.6 Å². The Kier molecular flexibility index (Phi) is 5.83. The largest absolute Gasteiger partial charge is 0.325 e. The Morgan fingerprint density at radius 3 is 2.63 bits per heavy atom. The van der Waals surface area contributed by atoms with Gasteiger partial charge in [0, 0.05) is 16.4 Å². The first-order valence-electron chi connectivity index (χ1n) is 9.55. The maximum absolute atomic E-state index is 12.5. The monoisotopic (exact) mass is 463 g/mol. The molecule has 0 aromatic heterocycles. The number of benzene rings is 2. The average molecular weight is 464 g/mol. The summed E-state index contributed by atoms with van der Waals surface area (Å²) in [5.41, 5.74) is 3.76. The fraction of sp³-hybridized carbons (Fsp3) is 0.333. The molecule has 2 aromatic rings. The Labute approximate surface area is 185 Å². The molecule has 9 heteroatoms. The summed E-state index contributed by atoms with van der Waals surface area (Å²) < 4.78 is 24.2. The van der Waals surface area contributed by atoms with Crippen molar-refractivity contribution in [2.75, 3.05) is 27.5 Å². The van der Waals surface area contributed by atoms with Crippen LogP contribution in [0.4, 0.5) is 11.4 Å². The first-order chi connectivity index (χ1) is 14.2. The van der Waals surface area contributed by atoms with Crippen molar-refractivity contribution in [3.63, 3.8) is 0 Å². The van der Waals surface area contributed by atoms with Crippen LogP contribution in [0.15, 0.2) is 47.5 Å². The van der Waals surface area contributed by atoms with Gasteiger partial charge in [0.05, 0.1) is 29.3 Å². The molecular weight excluding hydrogens is 442 g/mol. The molecule has 0 radical (unpaired) electrons. The SMILES string of the molecule is Cc1ccc(NC(=O)CSC2=N[C@@H]3CS(=O)(=O)C[C@@H]3N2c2ccc(Cl)cc2)c(C)c1. The standard InChI is InChI=1S/C21H22ClN3O3S2/c1-13-3-8-17(14(2)9-13)23-20(26)10-29-21-24-18-11-30(27,28)12-19(18)25(21)16-6-4-15(22)5-7-16/h3-9,18-19H,10-12H2,1-2H3,(H,23,26)/t18-,19+/m1/s1. The number of carbonyl (C=O) groups excluding carboxylic acids is 1. The van der Waals surface area contributed by atoms with Crippen LogP contribution in [0.3, 0.4) is 0 Å². The van der Waals surface area contributed by atoms with Crippen LogP contribution in [-0.2, 0) is 14.6 Å². The van der Waals surface area contributed by atoms with Crippen molar-refractivity contribution in [1.82, 2.24) is 0 Å². The van der Waals surface area contributed by atoms with Gasteiger partial charge in [-0.25, -0.2) is 8.42 Å². The second-order valence-electron chi connectivity index (χ2n) is 7.62. The van der Waals surface area contributed by atoms with Gasteiger partial charge in [0.15, 0.2) is 15.0 Å². The number of amidine groups is 1. The number of hydrogen-bond acceptors (Lipinski definition) is 6. The summed E-state index contributed by atoms with van der Waals surface area (Å²) in [6, 6.07) is 12.6. The lowest BCUT2D eigenvalue weighted by atomic mass is 10.1. The van der Waals surface area contributed by atoms with Gasteiger partial charge in [-0.3, -0.25) is 9.79 Å². The van der Waals surface area contributed by atoms with E-state index in [-0.39, 0.29) is 35.2 Å². The predicted octanol–water partition coefficient (Wildman–Crippen LogP) is 3.67. The summed E-state index contributed by atoms with van der Waals surface area (Å²) in [7, 11) is -3.12.